The summed E-state index contributed by atoms with van der Waals surface area (Å²) in [6, 6.07) is 30.2. The number of carbonyl (C=O) groups excluding carboxylic acids is 3. The number of benzene rings is 4. The summed E-state index contributed by atoms with van der Waals surface area (Å²) in [5.74, 6) is -2.81. The van der Waals surface area contributed by atoms with Crippen molar-refractivity contribution >= 4 is 39.6 Å². The van der Waals surface area contributed by atoms with Crippen molar-refractivity contribution in [3.05, 3.63) is 164 Å². The molecule has 4 aromatic carbocycles. The van der Waals surface area contributed by atoms with E-state index in [0.717, 1.165) is 17.2 Å². The number of aromatic nitrogens is 1. The van der Waals surface area contributed by atoms with Crippen LogP contribution in [-0.4, -0.2) is 63.3 Å². The Morgan fingerprint density at radius 2 is 1.16 bits per heavy atom. The van der Waals surface area contributed by atoms with Crippen molar-refractivity contribution in [3.63, 3.8) is 0 Å². The van der Waals surface area contributed by atoms with Crippen molar-refractivity contribution < 1.29 is 29.0 Å². The van der Waals surface area contributed by atoms with Crippen molar-refractivity contribution in [1.29, 1.82) is 0 Å². The molecule has 0 fully saturated rings. The molecule has 55 heavy (non-hydrogen) atoms. The molecule has 0 bridgehead atoms. The first kappa shape index (κ1) is 38.4. The van der Waals surface area contributed by atoms with Crippen molar-refractivity contribution in [2.75, 3.05) is 0 Å². The summed E-state index contributed by atoms with van der Waals surface area (Å²) in [6.45, 7) is 3.48. The van der Waals surface area contributed by atoms with Crippen molar-refractivity contribution in [2.24, 2.45) is 5.92 Å². The highest BCUT2D eigenvalue weighted by Crippen LogP contribution is 2.18. The zero-order valence-corrected chi connectivity index (χ0v) is 30.3. The maximum atomic E-state index is 14.0. The number of para-hydroxylation sites is 2. The molecular formula is C43H42N4O8. The smallest absolute Gasteiger partial charge is 0.287 e. The van der Waals surface area contributed by atoms with Crippen LogP contribution in [0.1, 0.15) is 46.0 Å². The lowest BCUT2D eigenvalue weighted by Gasteiger charge is -2.34. The fourth-order valence-corrected chi connectivity index (χ4v) is 6.53. The van der Waals surface area contributed by atoms with Crippen LogP contribution in [0.5, 0.6) is 0 Å². The number of aliphatic hydroxyl groups excluding tert-OH is 2. The number of fused-ring (bicyclic) bond motifs is 2. The summed E-state index contributed by atoms with van der Waals surface area (Å²) in [7, 11) is 0. The first-order valence-corrected chi connectivity index (χ1v) is 18.0. The molecule has 0 aliphatic heterocycles. The lowest BCUT2D eigenvalue weighted by Crippen LogP contribution is -2.60. The molecule has 2 heterocycles. The molecule has 282 valence electrons. The first-order valence-electron chi connectivity index (χ1n) is 18.0. The highest BCUT2D eigenvalue weighted by molar-refractivity contribution is 5.98. The van der Waals surface area contributed by atoms with Crippen LogP contribution >= 0.6 is 0 Å². The molecule has 12 heteroatoms. The molecule has 0 aliphatic rings. The molecule has 12 nitrogen and oxygen atoms in total. The number of pyridine rings is 1. The maximum Gasteiger partial charge on any atom is 0.287 e. The molecule has 0 saturated carbocycles. The molecule has 0 saturated heterocycles. The molecule has 6 rings (SSSR count). The zero-order chi connectivity index (χ0) is 39.1. The Labute approximate surface area is 316 Å². The largest absolute Gasteiger partial charge is 0.451 e. The molecule has 6 N–H and O–H groups in total. The van der Waals surface area contributed by atoms with E-state index in [1.807, 2.05) is 12.1 Å². The molecule has 6 aromatic rings. The predicted molar refractivity (Wildman–Crippen MR) is 209 cm³/mol. The summed E-state index contributed by atoms with van der Waals surface area (Å²) in [5, 5.41) is 32.8. The van der Waals surface area contributed by atoms with E-state index < -0.39 is 59.4 Å². The van der Waals surface area contributed by atoms with Crippen molar-refractivity contribution in [2.45, 2.75) is 57.0 Å². The van der Waals surface area contributed by atoms with Crippen LogP contribution in [0.2, 0.25) is 0 Å². The number of aliphatic hydroxyl groups is 2. The van der Waals surface area contributed by atoms with Crippen LogP contribution in [0.15, 0.2) is 135 Å². The third kappa shape index (κ3) is 9.23. The van der Waals surface area contributed by atoms with Gasteiger partial charge in [-0.3, -0.25) is 24.0 Å². The van der Waals surface area contributed by atoms with Gasteiger partial charge in [-0.15, -0.1) is 0 Å². The molecule has 2 aromatic heterocycles. The van der Waals surface area contributed by atoms with Gasteiger partial charge in [-0.2, -0.15) is 0 Å². The van der Waals surface area contributed by atoms with Gasteiger partial charge in [0.25, 0.3) is 11.8 Å². The second kappa shape index (κ2) is 17.2. The van der Waals surface area contributed by atoms with E-state index in [9.17, 15) is 34.2 Å². The molecular weight excluding hydrogens is 700 g/mol. The monoisotopic (exact) mass is 742 g/mol. The van der Waals surface area contributed by atoms with Crippen LogP contribution in [0.25, 0.3) is 21.9 Å². The fourth-order valence-electron chi connectivity index (χ4n) is 6.53. The van der Waals surface area contributed by atoms with E-state index in [1.165, 1.54) is 6.07 Å². The van der Waals surface area contributed by atoms with E-state index in [2.05, 4.69) is 20.9 Å². The van der Waals surface area contributed by atoms with E-state index in [1.54, 1.807) is 111 Å². The minimum absolute atomic E-state index is 0.0276. The third-order valence-corrected chi connectivity index (χ3v) is 9.49. The molecule has 0 aliphatic carbocycles. The van der Waals surface area contributed by atoms with Gasteiger partial charge in [0, 0.05) is 23.0 Å². The number of H-pyrrole nitrogens is 1. The fraction of sp³-hybridized carbons (Fsp3) is 0.233. The summed E-state index contributed by atoms with van der Waals surface area (Å²) >= 11 is 0. The van der Waals surface area contributed by atoms with E-state index in [4.69, 9.17) is 4.42 Å². The number of amides is 3. The van der Waals surface area contributed by atoms with Gasteiger partial charge in [0.15, 0.2) is 16.6 Å². The average Bonchev–Trinajstić information content (AvgIpc) is 3.19. The summed E-state index contributed by atoms with van der Waals surface area (Å²) < 4.78 is 5.75. The summed E-state index contributed by atoms with van der Waals surface area (Å²) in [4.78, 5) is 69.5. The van der Waals surface area contributed by atoms with E-state index >= 15 is 0 Å². The summed E-state index contributed by atoms with van der Waals surface area (Å²) in [6.07, 6.45) is -3.15. The van der Waals surface area contributed by atoms with Gasteiger partial charge in [0.2, 0.25) is 5.91 Å². The summed E-state index contributed by atoms with van der Waals surface area (Å²) in [5.41, 5.74) is 1.34. The Morgan fingerprint density at radius 1 is 0.636 bits per heavy atom. The average molecular weight is 743 g/mol. The number of aromatic amines is 1. The molecule has 3 amide bonds. The lowest BCUT2D eigenvalue weighted by molar-refractivity contribution is -0.126. The Bertz CT molecular complexity index is 2410. The van der Waals surface area contributed by atoms with Crippen LogP contribution in [0, 0.1) is 5.92 Å². The Kier molecular flexibility index (Phi) is 12.0. The quantitative estimate of drug-likeness (QED) is 0.0969. The molecule has 5 atom stereocenters. The third-order valence-electron chi connectivity index (χ3n) is 9.49. The van der Waals surface area contributed by atoms with Gasteiger partial charge in [-0.1, -0.05) is 98.8 Å². The molecule has 0 spiro atoms. The Morgan fingerprint density at radius 3 is 1.78 bits per heavy atom. The number of carbonyl (C=O) groups is 3. The molecule has 0 radical (unpaired) electrons. The second-order valence-corrected chi connectivity index (χ2v) is 13.8. The second-order valence-electron chi connectivity index (χ2n) is 13.8. The predicted octanol–water partition coefficient (Wildman–Crippen LogP) is 3.88. The van der Waals surface area contributed by atoms with Gasteiger partial charge >= 0.3 is 0 Å². The normalized spacial score (nSPS) is 14.1. The van der Waals surface area contributed by atoms with E-state index in [-0.39, 0.29) is 35.3 Å². The minimum Gasteiger partial charge on any atom is -0.451 e. The van der Waals surface area contributed by atoms with E-state index in [0.29, 0.717) is 16.3 Å². The highest BCUT2D eigenvalue weighted by Gasteiger charge is 2.37. The number of rotatable bonds is 14. The van der Waals surface area contributed by atoms with Crippen LogP contribution in [0.3, 0.4) is 0 Å². The number of hydrogen-bond donors (Lipinski definition) is 6. The van der Waals surface area contributed by atoms with Gasteiger partial charge in [0.1, 0.15) is 29.5 Å². The van der Waals surface area contributed by atoms with Crippen LogP contribution in [-0.2, 0) is 17.6 Å². The number of hydrogen-bond acceptors (Lipinski definition) is 8. The topological polar surface area (TPSA) is 191 Å². The SMILES string of the molecule is CC(C)[C@H](NC(=O)c1cc(=O)c2ccccc2[nH]1)C(=O)N[C@@H](Cc1ccccc1)[C@H](O)[C@@H](O)[C@H](Cc1ccccc1)NC(=O)c1cc(=O)c2ccccc2o1. The van der Waals surface area contributed by atoms with Crippen molar-refractivity contribution in [1.82, 2.24) is 20.9 Å². The maximum absolute atomic E-state index is 14.0. The van der Waals surface area contributed by atoms with Gasteiger partial charge in [-0.05, 0) is 54.2 Å². The van der Waals surface area contributed by atoms with Gasteiger partial charge < -0.3 is 35.6 Å². The first-order chi connectivity index (χ1) is 26.5. The molecule has 0 unspecified atom stereocenters. The van der Waals surface area contributed by atoms with Gasteiger partial charge in [-0.25, -0.2) is 0 Å². The lowest BCUT2D eigenvalue weighted by atomic mass is 9.90. The Balaban J connectivity index is 1.26. The Hall–Kier alpha value is -6.37. The van der Waals surface area contributed by atoms with Crippen LogP contribution < -0.4 is 26.8 Å². The van der Waals surface area contributed by atoms with Crippen LogP contribution in [0.4, 0.5) is 0 Å². The minimum atomic E-state index is -1.65. The van der Waals surface area contributed by atoms with Crippen molar-refractivity contribution in [3.8, 4) is 0 Å². The number of nitrogens with one attached hydrogen (secondary N) is 4. The van der Waals surface area contributed by atoms with Gasteiger partial charge in [0.05, 0.1) is 17.5 Å². The zero-order valence-electron chi connectivity index (χ0n) is 30.3. The standard InChI is InChI=1S/C43H42N4O8/c1-25(2)38(47-41(52)33-23-34(48)28-17-9-11-19-30(28)44-33)43(54)46-32(22-27-15-7-4-8-16-27)40(51)39(50)31(21-26-13-5-3-6-14-26)45-42(53)37-24-35(49)29-18-10-12-20-36(29)55-37/h3-20,23-25,31-32,38-40,50-51H,21-22H2,1-2H3,(H,44,48)(H,45,53)(H,46,54)(H,47,52)/t31-,32-,38-,39-,40-/m0/s1. The highest BCUT2D eigenvalue weighted by atomic mass is 16.3.